The van der Waals surface area contributed by atoms with Crippen LogP contribution in [0.1, 0.15) is 27.4 Å². The van der Waals surface area contributed by atoms with Gasteiger partial charge in [-0.1, -0.05) is 29.8 Å². The largest absolute Gasteiger partial charge is 0.486 e. The van der Waals surface area contributed by atoms with Gasteiger partial charge in [0.2, 0.25) is 5.95 Å². The number of nitrogens with one attached hydrogen (secondary N) is 1. The van der Waals surface area contributed by atoms with Gasteiger partial charge in [0.25, 0.3) is 5.91 Å². The Hall–Kier alpha value is -3.94. The maximum atomic E-state index is 12.9. The molecule has 0 aliphatic rings. The summed E-state index contributed by atoms with van der Waals surface area (Å²) in [7, 11) is 0. The van der Waals surface area contributed by atoms with Gasteiger partial charge in [-0.25, -0.2) is 14.1 Å². The van der Waals surface area contributed by atoms with Gasteiger partial charge in [0.1, 0.15) is 30.3 Å². The summed E-state index contributed by atoms with van der Waals surface area (Å²) in [6.07, 6.45) is 1.56. The molecule has 30 heavy (non-hydrogen) atoms. The first-order valence-electron chi connectivity index (χ1n) is 9.28. The Balaban J connectivity index is 1.32. The van der Waals surface area contributed by atoms with Crippen molar-refractivity contribution in [1.29, 1.82) is 0 Å². The van der Waals surface area contributed by atoms with E-state index in [1.807, 2.05) is 31.2 Å². The number of nitrogens with zero attached hydrogens (tertiary/aromatic N) is 3. The zero-order chi connectivity index (χ0) is 20.9. The molecule has 0 radical (unpaired) electrons. The van der Waals surface area contributed by atoms with Crippen LogP contribution in [0, 0.1) is 12.7 Å². The fraction of sp³-hybridized carbons (Fsp3) is 0.136. The number of rotatable bonds is 7. The lowest BCUT2D eigenvalue weighted by Gasteiger charge is -2.03. The Morgan fingerprint density at radius 3 is 2.63 bits per heavy atom. The second-order valence-corrected chi connectivity index (χ2v) is 6.71. The van der Waals surface area contributed by atoms with Crippen molar-refractivity contribution in [3.8, 4) is 5.75 Å². The fourth-order valence-electron chi connectivity index (χ4n) is 2.73. The first kappa shape index (κ1) is 19.4. The van der Waals surface area contributed by atoms with Crippen molar-refractivity contribution in [3.63, 3.8) is 0 Å². The third-order valence-electron chi connectivity index (χ3n) is 4.31. The van der Waals surface area contributed by atoms with Crippen LogP contribution in [0.15, 0.2) is 71.4 Å². The molecule has 0 aliphatic carbocycles. The van der Waals surface area contributed by atoms with Gasteiger partial charge in [-0.3, -0.25) is 10.1 Å². The summed E-state index contributed by atoms with van der Waals surface area (Å²) in [4.78, 5) is 16.5. The number of anilines is 1. The molecule has 4 aromatic rings. The van der Waals surface area contributed by atoms with Crippen molar-refractivity contribution in [1.82, 2.24) is 14.8 Å². The van der Waals surface area contributed by atoms with Gasteiger partial charge < -0.3 is 9.15 Å². The summed E-state index contributed by atoms with van der Waals surface area (Å²) >= 11 is 0. The average molecular weight is 406 g/mol. The second kappa shape index (κ2) is 8.60. The van der Waals surface area contributed by atoms with E-state index in [0.717, 1.165) is 5.56 Å². The average Bonchev–Trinajstić information content (AvgIpc) is 3.39. The number of aromatic nitrogens is 3. The normalized spacial score (nSPS) is 10.7. The zero-order valence-electron chi connectivity index (χ0n) is 16.2. The van der Waals surface area contributed by atoms with E-state index in [-0.39, 0.29) is 24.1 Å². The molecule has 0 bridgehead atoms. The molecule has 0 saturated heterocycles. The van der Waals surface area contributed by atoms with Crippen molar-refractivity contribution >= 4 is 11.9 Å². The van der Waals surface area contributed by atoms with Crippen LogP contribution in [0.2, 0.25) is 0 Å². The van der Waals surface area contributed by atoms with Gasteiger partial charge in [-0.15, -0.1) is 5.10 Å². The fourth-order valence-corrected chi connectivity index (χ4v) is 2.73. The van der Waals surface area contributed by atoms with E-state index in [4.69, 9.17) is 9.15 Å². The van der Waals surface area contributed by atoms with Gasteiger partial charge in [0.15, 0.2) is 5.76 Å². The number of benzene rings is 2. The number of amides is 1. The van der Waals surface area contributed by atoms with Gasteiger partial charge >= 0.3 is 0 Å². The van der Waals surface area contributed by atoms with Crippen molar-refractivity contribution in [3.05, 3.63) is 95.5 Å². The molecule has 0 atom stereocenters. The number of carbonyl (C=O) groups excluding carboxylic acids is 1. The van der Waals surface area contributed by atoms with E-state index in [2.05, 4.69) is 15.4 Å². The van der Waals surface area contributed by atoms with E-state index in [0.29, 0.717) is 18.1 Å². The lowest BCUT2D eigenvalue weighted by Crippen LogP contribution is -2.12. The van der Waals surface area contributed by atoms with Gasteiger partial charge in [0.05, 0.1) is 6.54 Å². The van der Waals surface area contributed by atoms with E-state index in [1.54, 1.807) is 23.1 Å². The summed E-state index contributed by atoms with van der Waals surface area (Å²) in [5, 5.41) is 6.87. The molecule has 8 heteroatoms. The summed E-state index contributed by atoms with van der Waals surface area (Å²) < 4.78 is 25.6. The highest BCUT2D eigenvalue weighted by Gasteiger charge is 2.14. The predicted octanol–water partition coefficient (Wildman–Crippen LogP) is 4.20. The number of carbonyl (C=O) groups is 1. The van der Waals surface area contributed by atoms with Crippen LogP contribution in [0.25, 0.3) is 0 Å². The molecule has 4 rings (SSSR count). The molecule has 0 spiro atoms. The highest BCUT2D eigenvalue weighted by atomic mass is 19.1. The molecule has 7 nitrogen and oxygen atoms in total. The van der Waals surface area contributed by atoms with Crippen molar-refractivity contribution in [2.24, 2.45) is 0 Å². The molecule has 1 amide bonds. The molecular weight excluding hydrogens is 387 g/mol. The van der Waals surface area contributed by atoms with Crippen LogP contribution in [0.3, 0.4) is 0 Å². The lowest BCUT2D eigenvalue weighted by atomic mass is 10.1. The molecule has 0 fully saturated rings. The van der Waals surface area contributed by atoms with Crippen LogP contribution in [-0.4, -0.2) is 20.7 Å². The molecule has 0 saturated carbocycles. The van der Waals surface area contributed by atoms with Gasteiger partial charge in [-0.2, -0.15) is 0 Å². The van der Waals surface area contributed by atoms with Crippen molar-refractivity contribution in [2.45, 2.75) is 20.1 Å². The molecular formula is C22H19FN4O3. The lowest BCUT2D eigenvalue weighted by molar-refractivity contribution is 0.0991. The summed E-state index contributed by atoms with van der Waals surface area (Å²) in [6.45, 7) is 2.69. The Kier molecular flexibility index (Phi) is 5.56. The summed E-state index contributed by atoms with van der Waals surface area (Å²) in [5.41, 5.74) is 2.27. The third kappa shape index (κ3) is 4.91. The topological polar surface area (TPSA) is 82.2 Å². The minimum Gasteiger partial charge on any atom is -0.486 e. The Bertz CT molecular complexity index is 1130. The van der Waals surface area contributed by atoms with E-state index >= 15 is 0 Å². The summed E-state index contributed by atoms with van der Waals surface area (Å²) in [5.74, 6) is 0.463. The monoisotopic (exact) mass is 406 g/mol. The molecule has 2 aromatic heterocycles. The van der Waals surface area contributed by atoms with E-state index in [9.17, 15) is 9.18 Å². The third-order valence-corrected chi connectivity index (χ3v) is 4.31. The van der Waals surface area contributed by atoms with Gasteiger partial charge in [-0.05, 0) is 48.9 Å². The van der Waals surface area contributed by atoms with Crippen molar-refractivity contribution in [2.75, 3.05) is 5.32 Å². The Morgan fingerprint density at radius 2 is 1.87 bits per heavy atom. The molecule has 2 aromatic carbocycles. The molecule has 152 valence electrons. The quantitative estimate of drug-likeness (QED) is 0.497. The highest BCUT2D eigenvalue weighted by molar-refractivity contribution is 6.01. The van der Waals surface area contributed by atoms with E-state index in [1.165, 1.54) is 29.8 Å². The number of furan rings is 1. The maximum absolute atomic E-state index is 12.9. The first-order valence-corrected chi connectivity index (χ1v) is 9.28. The maximum Gasteiger partial charge on any atom is 0.293 e. The molecule has 2 heterocycles. The minimum absolute atomic E-state index is 0.113. The minimum atomic E-state index is -0.462. The van der Waals surface area contributed by atoms with Crippen LogP contribution in [0.5, 0.6) is 5.75 Å². The first-order chi connectivity index (χ1) is 14.5. The van der Waals surface area contributed by atoms with Crippen LogP contribution in [0.4, 0.5) is 10.3 Å². The highest BCUT2D eigenvalue weighted by Crippen LogP contribution is 2.16. The number of hydrogen-bond donors (Lipinski definition) is 1. The summed E-state index contributed by atoms with van der Waals surface area (Å²) in [6, 6.07) is 16.9. The number of halogens is 1. The molecule has 1 N–H and O–H groups in total. The molecule has 0 unspecified atom stereocenters. The Morgan fingerprint density at radius 1 is 1.10 bits per heavy atom. The number of hydrogen-bond acceptors (Lipinski definition) is 5. The second-order valence-electron chi connectivity index (χ2n) is 6.71. The molecule has 0 aliphatic heterocycles. The van der Waals surface area contributed by atoms with E-state index < -0.39 is 5.91 Å². The van der Waals surface area contributed by atoms with Gasteiger partial charge in [0, 0.05) is 0 Å². The number of aryl methyl sites for hydroxylation is 1. The van der Waals surface area contributed by atoms with Crippen LogP contribution < -0.4 is 10.1 Å². The van der Waals surface area contributed by atoms with Crippen LogP contribution in [-0.2, 0) is 13.2 Å². The standard InChI is InChI=1S/C22H19FN4O3/c1-15-2-4-16(5-3-15)12-27-14-24-22(26-27)25-21(28)20-11-10-19(30-20)13-29-18-8-6-17(23)7-9-18/h2-11,14H,12-13H2,1H3,(H,25,26,28). The predicted molar refractivity (Wildman–Crippen MR) is 108 cm³/mol. The van der Waals surface area contributed by atoms with Crippen LogP contribution >= 0.6 is 0 Å². The smallest absolute Gasteiger partial charge is 0.293 e. The SMILES string of the molecule is Cc1ccc(Cn2cnc(NC(=O)c3ccc(COc4ccc(F)cc4)o3)n2)cc1. The van der Waals surface area contributed by atoms with Crippen molar-refractivity contribution < 1.29 is 18.3 Å². The Labute approximate surface area is 172 Å². The zero-order valence-corrected chi connectivity index (χ0v) is 16.2. The number of ether oxygens (including phenoxy) is 1.